The number of aromatic nitrogens is 2. The van der Waals surface area contributed by atoms with Gasteiger partial charge in [-0.05, 0) is 100 Å². The van der Waals surface area contributed by atoms with Gasteiger partial charge in [-0.25, -0.2) is 4.98 Å². The fourth-order valence-electron chi connectivity index (χ4n) is 8.56. The highest BCUT2D eigenvalue weighted by molar-refractivity contribution is 6.34. The fourth-order valence-corrected chi connectivity index (χ4v) is 8.56. The molecule has 0 aliphatic carbocycles. The van der Waals surface area contributed by atoms with Crippen LogP contribution in [0.2, 0.25) is 0 Å². The molecular weight excluding hydrogens is 641 g/mol. The van der Waals surface area contributed by atoms with E-state index in [1.165, 1.54) is 76.1 Å². The maximum atomic E-state index is 5.03. The van der Waals surface area contributed by atoms with E-state index in [0.717, 1.165) is 28.1 Å². The van der Waals surface area contributed by atoms with E-state index in [1.807, 2.05) is 12.1 Å². The zero-order chi connectivity index (χ0) is 34.9. The molecule has 246 valence electrons. The summed E-state index contributed by atoms with van der Waals surface area (Å²) in [4.78, 5) is 5.03. The van der Waals surface area contributed by atoms with Crippen molar-refractivity contribution < 1.29 is 0 Å². The van der Waals surface area contributed by atoms with E-state index < -0.39 is 0 Å². The monoisotopic (exact) mass is 672 g/mol. The minimum absolute atomic E-state index is 0.944. The summed E-state index contributed by atoms with van der Waals surface area (Å²) >= 11 is 0. The molecule has 1 heterocycles. The predicted octanol–water partition coefficient (Wildman–Crippen LogP) is 13.8. The zero-order valence-corrected chi connectivity index (χ0v) is 28.9. The van der Waals surface area contributed by atoms with Crippen molar-refractivity contribution in [3.63, 3.8) is 0 Å². The van der Waals surface area contributed by atoms with Crippen LogP contribution < -0.4 is 0 Å². The third kappa shape index (κ3) is 4.63. The number of para-hydroxylation sites is 2. The van der Waals surface area contributed by atoms with Gasteiger partial charge in [-0.2, -0.15) is 0 Å². The van der Waals surface area contributed by atoms with Gasteiger partial charge in [0, 0.05) is 11.3 Å². The molecule has 2 nitrogen and oxygen atoms in total. The highest BCUT2D eigenvalue weighted by Crippen LogP contribution is 2.43. The van der Waals surface area contributed by atoms with Crippen LogP contribution in [-0.4, -0.2) is 9.55 Å². The summed E-state index contributed by atoms with van der Waals surface area (Å²) in [5.41, 5.74) is 9.07. The molecule has 11 aromatic rings. The van der Waals surface area contributed by atoms with E-state index in [2.05, 4.69) is 187 Å². The van der Waals surface area contributed by atoms with Gasteiger partial charge in [0.25, 0.3) is 0 Å². The van der Waals surface area contributed by atoms with Crippen LogP contribution >= 0.6 is 0 Å². The molecule has 0 saturated carbocycles. The second-order valence-corrected chi connectivity index (χ2v) is 13.9. The lowest BCUT2D eigenvalue weighted by molar-refractivity contribution is 1.10. The number of hydrogen-bond acceptors (Lipinski definition) is 1. The lowest BCUT2D eigenvalue weighted by Crippen LogP contribution is -1.97. The third-order valence-corrected chi connectivity index (χ3v) is 11.0. The van der Waals surface area contributed by atoms with Gasteiger partial charge in [0.2, 0.25) is 0 Å². The summed E-state index contributed by atoms with van der Waals surface area (Å²) < 4.78 is 2.26. The van der Waals surface area contributed by atoms with Crippen LogP contribution in [0.25, 0.3) is 104 Å². The topological polar surface area (TPSA) is 17.8 Å². The average Bonchev–Trinajstić information content (AvgIpc) is 3.63. The number of fused-ring (bicyclic) bond motifs is 6. The van der Waals surface area contributed by atoms with Crippen molar-refractivity contribution >= 4 is 64.9 Å². The first-order chi connectivity index (χ1) is 26.3. The van der Waals surface area contributed by atoms with Crippen molar-refractivity contribution in [3.05, 3.63) is 194 Å². The highest BCUT2D eigenvalue weighted by atomic mass is 15.1. The lowest BCUT2D eigenvalue weighted by Gasteiger charge is -2.16. The Morgan fingerprint density at radius 2 is 0.830 bits per heavy atom. The standard InChI is InChI=1S/C51H32N2/c1-2-11-38(12-3-1)51-52-46-21-6-7-22-47(46)53(51)39-31-29-34(30-32-39)33-23-25-35(26-24-33)40-17-10-20-45-44-19-9-14-37-28-27-36-13-8-18-42(48(36)49(37)44)41-15-4-5-16-43(41)50(40)45/h1-32H. The Balaban J connectivity index is 1.06. The summed E-state index contributed by atoms with van der Waals surface area (Å²) in [7, 11) is 0. The van der Waals surface area contributed by atoms with Gasteiger partial charge in [0.15, 0.2) is 0 Å². The number of nitrogens with zero attached hydrogens (tertiary/aromatic N) is 2. The number of hydrogen-bond donors (Lipinski definition) is 0. The summed E-state index contributed by atoms with van der Waals surface area (Å²) in [6.07, 6.45) is 0. The van der Waals surface area contributed by atoms with Gasteiger partial charge in [-0.1, -0.05) is 170 Å². The molecule has 0 aliphatic heterocycles. The molecule has 0 aliphatic rings. The molecule has 53 heavy (non-hydrogen) atoms. The van der Waals surface area contributed by atoms with Crippen LogP contribution in [-0.2, 0) is 0 Å². The molecule has 0 unspecified atom stereocenters. The van der Waals surface area contributed by atoms with Gasteiger partial charge in [-0.15, -0.1) is 0 Å². The maximum absolute atomic E-state index is 5.03. The van der Waals surface area contributed by atoms with E-state index in [-0.39, 0.29) is 0 Å². The molecule has 1 aromatic heterocycles. The van der Waals surface area contributed by atoms with Crippen LogP contribution in [0.3, 0.4) is 0 Å². The van der Waals surface area contributed by atoms with Crippen LogP contribution in [0, 0.1) is 0 Å². The van der Waals surface area contributed by atoms with Crippen molar-refractivity contribution in [2.24, 2.45) is 0 Å². The molecule has 11 rings (SSSR count). The van der Waals surface area contributed by atoms with E-state index in [0.29, 0.717) is 0 Å². The van der Waals surface area contributed by atoms with Gasteiger partial charge >= 0.3 is 0 Å². The smallest absolute Gasteiger partial charge is 0.145 e. The number of imidazole rings is 1. The van der Waals surface area contributed by atoms with Crippen LogP contribution in [0.5, 0.6) is 0 Å². The predicted molar refractivity (Wildman–Crippen MR) is 225 cm³/mol. The van der Waals surface area contributed by atoms with Crippen molar-refractivity contribution in [1.82, 2.24) is 9.55 Å². The van der Waals surface area contributed by atoms with E-state index in [4.69, 9.17) is 4.98 Å². The van der Waals surface area contributed by atoms with E-state index >= 15 is 0 Å². The minimum atomic E-state index is 0.944. The van der Waals surface area contributed by atoms with Crippen molar-refractivity contribution in [3.8, 4) is 39.3 Å². The summed E-state index contributed by atoms with van der Waals surface area (Å²) in [5.74, 6) is 0.944. The Bertz CT molecular complexity index is 3190. The minimum Gasteiger partial charge on any atom is -0.292 e. The molecule has 0 saturated heterocycles. The first kappa shape index (κ1) is 29.7. The molecule has 2 heteroatoms. The van der Waals surface area contributed by atoms with Crippen LogP contribution in [0.4, 0.5) is 0 Å². The third-order valence-electron chi connectivity index (χ3n) is 11.0. The number of rotatable bonds is 4. The summed E-state index contributed by atoms with van der Waals surface area (Å²) in [6.45, 7) is 0. The Kier molecular flexibility index (Phi) is 6.59. The highest BCUT2D eigenvalue weighted by Gasteiger charge is 2.16. The Labute approximate surface area is 306 Å². The largest absolute Gasteiger partial charge is 0.292 e. The molecule has 0 amide bonds. The van der Waals surface area contributed by atoms with Gasteiger partial charge in [0.05, 0.1) is 11.0 Å². The molecular formula is C51H32N2. The molecule has 10 aromatic carbocycles. The second-order valence-electron chi connectivity index (χ2n) is 13.9. The SMILES string of the molecule is c1ccc(-c2nc3ccccc3n2-c2ccc(-c3ccc(-c4cccc5c6cccc7ccc8cccc(c9ccccc9c45)c8c76)cc3)cc2)cc1. The van der Waals surface area contributed by atoms with Gasteiger partial charge in [-0.3, -0.25) is 4.57 Å². The Morgan fingerprint density at radius 1 is 0.321 bits per heavy atom. The molecule has 0 radical (unpaired) electrons. The Hall–Kier alpha value is -7.03. The molecule has 0 spiro atoms. The quantitative estimate of drug-likeness (QED) is 0.170. The average molecular weight is 673 g/mol. The fraction of sp³-hybridized carbons (Fsp3) is 0. The first-order valence-corrected chi connectivity index (χ1v) is 18.2. The van der Waals surface area contributed by atoms with Crippen LogP contribution in [0.15, 0.2) is 194 Å². The zero-order valence-electron chi connectivity index (χ0n) is 28.9. The molecule has 0 atom stereocenters. The van der Waals surface area contributed by atoms with Crippen LogP contribution in [0.1, 0.15) is 0 Å². The molecule has 0 fully saturated rings. The second kappa shape index (κ2) is 11.8. The summed E-state index contributed by atoms with van der Waals surface area (Å²) in [6, 6.07) is 70.5. The normalized spacial score (nSPS) is 11.8. The molecule has 0 bridgehead atoms. The summed E-state index contributed by atoms with van der Waals surface area (Å²) in [5, 5.41) is 12.8. The van der Waals surface area contributed by atoms with Gasteiger partial charge < -0.3 is 0 Å². The lowest BCUT2D eigenvalue weighted by atomic mass is 9.88. The molecule has 0 N–H and O–H groups in total. The maximum Gasteiger partial charge on any atom is 0.145 e. The van der Waals surface area contributed by atoms with Crippen molar-refractivity contribution in [2.75, 3.05) is 0 Å². The van der Waals surface area contributed by atoms with E-state index in [1.54, 1.807) is 0 Å². The van der Waals surface area contributed by atoms with E-state index in [9.17, 15) is 0 Å². The number of benzene rings is 9. The van der Waals surface area contributed by atoms with Gasteiger partial charge in [0.1, 0.15) is 5.82 Å². The van der Waals surface area contributed by atoms with Crippen molar-refractivity contribution in [2.45, 2.75) is 0 Å². The Morgan fingerprint density at radius 3 is 1.55 bits per heavy atom. The first-order valence-electron chi connectivity index (χ1n) is 18.2. The van der Waals surface area contributed by atoms with Crippen molar-refractivity contribution in [1.29, 1.82) is 0 Å².